The van der Waals surface area contributed by atoms with Crippen molar-refractivity contribution in [2.24, 2.45) is 0 Å². The van der Waals surface area contributed by atoms with Gasteiger partial charge in [-0.3, -0.25) is 9.59 Å². The maximum absolute atomic E-state index is 13.3. The van der Waals surface area contributed by atoms with Crippen LogP contribution in [0.4, 0.5) is 0 Å². The van der Waals surface area contributed by atoms with E-state index in [9.17, 15) is 9.59 Å². The van der Waals surface area contributed by atoms with Crippen molar-refractivity contribution in [2.75, 3.05) is 7.11 Å². The zero-order valence-electron chi connectivity index (χ0n) is 14.5. The number of H-pyrrole nitrogens is 1. The molecule has 0 aliphatic heterocycles. The molecule has 0 bridgehead atoms. The van der Waals surface area contributed by atoms with Gasteiger partial charge in [0.05, 0.1) is 12.7 Å². The minimum atomic E-state index is -0.277. The van der Waals surface area contributed by atoms with Crippen LogP contribution < -0.4 is 10.3 Å². The molecule has 132 valence electrons. The Kier molecular flexibility index (Phi) is 5.53. The van der Waals surface area contributed by atoms with Crippen molar-refractivity contribution in [1.29, 1.82) is 0 Å². The van der Waals surface area contributed by atoms with Gasteiger partial charge in [0.1, 0.15) is 5.75 Å². The van der Waals surface area contributed by atoms with Crippen molar-refractivity contribution in [1.82, 2.24) is 9.88 Å². The standard InChI is InChI=1S/C20H24N2O3/c1-25-18-12-19(23)21-13-17(18)20(24)22(16-10-6-3-7-11-16)14-15-8-4-2-5-9-15/h2,4-5,8-9,12-13,16H,3,6-7,10-11,14H2,1H3,(H,21,23). The largest absolute Gasteiger partial charge is 0.496 e. The SMILES string of the molecule is COc1cc(=O)[nH]cc1C(=O)N(Cc1ccccc1)C1CCCCC1. The first-order valence-electron chi connectivity index (χ1n) is 8.80. The van der Waals surface area contributed by atoms with Crippen LogP contribution in [0.1, 0.15) is 48.0 Å². The van der Waals surface area contributed by atoms with Crippen molar-refractivity contribution in [3.63, 3.8) is 0 Å². The zero-order chi connectivity index (χ0) is 17.6. The lowest BCUT2D eigenvalue weighted by atomic mass is 9.93. The molecule has 1 saturated carbocycles. The molecule has 1 aromatic heterocycles. The Morgan fingerprint density at radius 2 is 1.92 bits per heavy atom. The number of aromatic amines is 1. The molecule has 1 amide bonds. The summed E-state index contributed by atoms with van der Waals surface area (Å²) in [5.74, 6) is 0.228. The maximum atomic E-state index is 13.3. The molecule has 3 rings (SSSR count). The monoisotopic (exact) mass is 340 g/mol. The summed E-state index contributed by atoms with van der Waals surface area (Å²) in [6, 6.07) is 11.6. The van der Waals surface area contributed by atoms with Gasteiger partial charge in [-0.2, -0.15) is 0 Å². The first-order valence-corrected chi connectivity index (χ1v) is 8.80. The molecule has 1 aliphatic carbocycles. The number of nitrogens with one attached hydrogen (secondary N) is 1. The van der Waals surface area contributed by atoms with Crippen LogP contribution in [-0.4, -0.2) is 28.9 Å². The van der Waals surface area contributed by atoms with E-state index < -0.39 is 0 Å². The Morgan fingerprint density at radius 1 is 1.20 bits per heavy atom. The van der Waals surface area contributed by atoms with E-state index in [1.54, 1.807) is 0 Å². The van der Waals surface area contributed by atoms with Crippen LogP contribution in [0, 0.1) is 0 Å². The molecule has 0 radical (unpaired) electrons. The number of methoxy groups -OCH3 is 1. The summed E-state index contributed by atoms with van der Waals surface area (Å²) in [5, 5.41) is 0. The summed E-state index contributed by atoms with van der Waals surface area (Å²) >= 11 is 0. The summed E-state index contributed by atoms with van der Waals surface area (Å²) in [5.41, 5.74) is 1.23. The lowest BCUT2D eigenvalue weighted by Gasteiger charge is -2.34. The fourth-order valence-corrected chi connectivity index (χ4v) is 3.48. The molecular weight excluding hydrogens is 316 g/mol. The maximum Gasteiger partial charge on any atom is 0.259 e. The van der Waals surface area contributed by atoms with Gasteiger partial charge >= 0.3 is 0 Å². The van der Waals surface area contributed by atoms with E-state index in [1.165, 1.54) is 25.8 Å². The number of carbonyl (C=O) groups excluding carboxylic acids is 1. The quantitative estimate of drug-likeness (QED) is 0.908. The van der Waals surface area contributed by atoms with Crippen molar-refractivity contribution in [2.45, 2.75) is 44.7 Å². The molecule has 1 aromatic carbocycles. The third-order valence-corrected chi connectivity index (χ3v) is 4.81. The highest BCUT2D eigenvalue weighted by Gasteiger charge is 2.28. The number of ether oxygens (including phenoxy) is 1. The van der Waals surface area contributed by atoms with E-state index in [1.807, 2.05) is 35.2 Å². The second-order valence-corrected chi connectivity index (χ2v) is 6.49. The van der Waals surface area contributed by atoms with Gasteiger partial charge in [0.15, 0.2) is 0 Å². The molecule has 2 aromatic rings. The van der Waals surface area contributed by atoms with Crippen LogP contribution in [0.2, 0.25) is 0 Å². The predicted octanol–water partition coefficient (Wildman–Crippen LogP) is 3.36. The molecule has 0 unspecified atom stereocenters. The van der Waals surface area contributed by atoms with Crippen LogP contribution in [-0.2, 0) is 6.54 Å². The van der Waals surface area contributed by atoms with Crippen molar-refractivity contribution < 1.29 is 9.53 Å². The Labute approximate surface area is 147 Å². The summed E-state index contributed by atoms with van der Waals surface area (Å²) in [6.45, 7) is 0.562. The third-order valence-electron chi connectivity index (χ3n) is 4.81. The van der Waals surface area contributed by atoms with Crippen molar-refractivity contribution in [3.05, 3.63) is 64.1 Å². The highest BCUT2D eigenvalue weighted by Crippen LogP contribution is 2.27. The zero-order valence-corrected chi connectivity index (χ0v) is 14.5. The normalized spacial score (nSPS) is 14.9. The number of nitrogens with zero attached hydrogens (tertiary/aromatic N) is 1. The molecule has 0 spiro atoms. The minimum Gasteiger partial charge on any atom is -0.496 e. The molecule has 1 heterocycles. The van der Waals surface area contributed by atoms with Gasteiger partial charge in [-0.15, -0.1) is 0 Å². The van der Waals surface area contributed by atoms with E-state index in [2.05, 4.69) is 4.98 Å². The smallest absolute Gasteiger partial charge is 0.259 e. The molecule has 25 heavy (non-hydrogen) atoms. The van der Waals surface area contributed by atoms with Gasteiger partial charge in [0, 0.05) is 24.8 Å². The van der Waals surface area contributed by atoms with Gasteiger partial charge in [-0.1, -0.05) is 49.6 Å². The molecular formula is C20H24N2O3. The van der Waals surface area contributed by atoms with Gasteiger partial charge in [0.25, 0.3) is 11.5 Å². The van der Waals surface area contributed by atoms with E-state index in [4.69, 9.17) is 4.74 Å². The number of amides is 1. The highest BCUT2D eigenvalue weighted by atomic mass is 16.5. The lowest BCUT2D eigenvalue weighted by Crippen LogP contribution is -2.41. The minimum absolute atomic E-state index is 0.0937. The Hall–Kier alpha value is -2.56. The molecule has 5 heteroatoms. The van der Waals surface area contributed by atoms with Gasteiger partial charge in [-0.05, 0) is 18.4 Å². The van der Waals surface area contributed by atoms with Crippen LogP contribution in [0.5, 0.6) is 5.75 Å². The van der Waals surface area contributed by atoms with Crippen LogP contribution in [0.15, 0.2) is 47.4 Å². The van der Waals surface area contributed by atoms with E-state index in [0.29, 0.717) is 17.9 Å². The van der Waals surface area contributed by atoms with Gasteiger partial charge in [0.2, 0.25) is 0 Å². The van der Waals surface area contributed by atoms with Gasteiger partial charge < -0.3 is 14.6 Å². The van der Waals surface area contributed by atoms with Crippen molar-refractivity contribution >= 4 is 5.91 Å². The number of benzene rings is 1. The fourth-order valence-electron chi connectivity index (χ4n) is 3.48. The molecule has 1 aliphatic rings. The van der Waals surface area contributed by atoms with Crippen LogP contribution in [0.3, 0.4) is 0 Å². The summed E-state index contributed by atoms with van der Waals surface area (Å²) in [4.78, 5) is 29.3. The lowest BCUT2D eigenvalue weighted by molar-refractivity contribution is 0.0610. The molecule has 1 fully saturated rings. The van der Waals surface area contributed by atoms with E-state index in [0.717, 1.165) is 31.2 Å². The highest BCUT2D eigenvalue weighted by molar-refractivity contribution is 5.96. The number of pyridine rings is 1. The van der Waals surface area contributed by atoms with Gasteiger partial charge in [-0.25, -0.2) is 0 Å². The number of rotatable bonds is 5. The van der Waals surface area contributed by atoms with Crippen LogP contribution in [0.25, 0.3) is 0 Å². The number of hydrogen-bond donors (Lipinski definition) is 1. The summed E-state index contributed by atoms with van der Waals surface area (Å²) in [7, 11) is 1.48. The van der Waals surface area contributed by atoms with E-state index >= 15 is 0 Å². The average molecular weight is 340 g/mol. The average Bonchev–Trinajstić information content (AvgIpc) is 2.67. The van der Waals surface area contributed by atoms with E-state index in [-0.39, 0.29) is 17.5 Å². The number of aromatic nitrogens is 1. The Morgan fingerprint density at radius 3 is 2.60 bits per heavy atom. The second-order valence-electron chi connectivity index (χ2n) is 6.49. The predicted molar refractivity (Wildman–Crippen MR) is 96.8 cm³/mol. The number of hydrogen-bond acceptors (Lipinski definition) is 3. The van der Waals surface area contributed by atoms with Crippen LogP contribution >= 0.6 is 0 Å². The molecule has 0 saturated heterocycles. The summed E-state index contributed by atoms with van der Waals surface area (Å²) in [6.07, 6.45) is 7.02. The third kappa shape index (κ3) is 4.10. The fraction of sp³-hybridized carbons (Fsp3) is 0.400. The first-order chi connectivity index (χ1) is 12.2. The topological polar surface area (TPSA) is 62.4 Å². The molecule has 1 N–H and O–H groups in total. The summed E-state index contributed by atoms with van der Waals surface area (Å²) < 4.78 is 5.27. The number of carbonyl (C=O) groups is 1. The second kappa shape index (κ2) is 8.01. The molecule has 5 nitrogen and oxygen atoms in total. The van der Waals surface area contributed by atoms with Crippen molar-refractivity contribution in [3.8, 4) is 5.75 Å². The Balaban J connectivity index is 1.92. The first kappa shape index (κ1) is 17.3. The molecule has 0 atom stereocenters. The Bertz CT molecular complexity index is 764.